The van der Waals surface area contributed by atoms with E-state index in [0.717, 1.165) is 5.56 Å². The van der Waals surface area contributed by atoms with Gasteiger partial charge in [0.25, 0.3) is 0 Å². The van der Waals surface area contributed by atoms with Gasteiger partial charge in [-0.2, -0.15) is 8.42 Å². The van der Waals surface area contributed by atoms with Gasteiger partial charge in [0.2, 0.25) is 0 Å². The summed E-state index contributed by atoms with van der Waals surface area (Å²) in [5, 5.41) is 12.9. The highest BCUT2D eigenvalue weighted by atomic mass is 32.2. The summed E-state index contributed by atoms with van der Waals surface area (Å²) in [5.74, 6) is 0. The predicted octanol–water partition coefficient (Wildman–Crippen LogP) is 2.17. The summed E-state index contributed by atoms with van der Waals surface area (Å²) in [7, 11) is -1.98. The second-order valence-corrected chi connectivity index (χ2v) is 7.82. The molecular formula is C18H23N3O3S. The monoisotopic (exact) mass is 361 g/mol. The molecule has 1 heterocycles. The Morgan fingerprint density at radius 3 is 2.28 bits per heavy atom. The molecule has 1 aliphatic heterocycles. The number of anilines is 3. The van der Waals surface area contributed by atoms with Crippen LogP contribution in [0, 0.1) is 6.92 Å². The minimum atomic E-state index is -3.74. The van der Waals surface area contributed by atoms with Crippen LogP contribution in [-0.4, -0.2) is 39.8 Å². The number of nitrogens with zero attached hydrogens (tertiary/aromatic N) is 2. The molecule has 25 heavy (non-hydrogen) atoms. The van der Waals surface area contributed by atoms with Gasteiger partial charge in [0, 0.05) is 13.1 Å². The molecule has 0 saturated carbocycles. The van der Waals surface area contributed by atoms with E-state index in [4.69, 9.17) is 0 Å². The first kappa shape index (κ1) is 17.7. The smallest absolute Gasteiger partial charge is 0.330 e. The molecule has 6 nitrogen and oxygen atoms in total. The molecular weight excluding hydrogens is 338 g/mol. The molecule has 2 N–H and O–H groups in total. The lowest BCUT2D eigenvalue weighted by atomic mass is 10.2. The van der Waals surface area contributed by atoms with E-state index in [1.165, 1.54) is 8.61 Å². The molecule has 0 aromatic heterocycles. The van der Waals surface area contributed by atoms with E-state index in [1.807, 2.05) is 49.4 Å². The van der Waals surface area contributed by atoms with Gasteiger partial charge >= 0.3 is 10.2 Å². The van der Waals surface area contributed by atoms with E-state index in [-0.39, 0.29) is 6.54 Å². The summed E-state index contributed by atoms with van der Waals surface area (Å²) in [5.41, 5.74) is 2.81. The number of hydrogen-bond donors (Lipinski definition) is 2. The summed E-state index contributed by atoms with van der Waals surface area (Å²) in [4.78, 5) is 0. The number of aliphatic hydroxyl groups is 1. The van der Waals surface area contributed by atoms with Crippen molar-refractivity contribution in [1.82, 2.24) is 5.32 Å². The van der Waals surface area contributed by atoms with Gasteiger partial charge < -0.3 is 10.4 Å². The van der Waals surface area contributed by atoms with Crippen molar-refractivity contribution in [3.63, 3.8) is 0 Å². The molecule has 0 radical (unpaired) electrons. The minimum Gasteiger partial charge on any atom is -0.392 e. The molecule has 3 rings (SSSR count). The molecule has 1 atom stereocenters. The largest absolute Gasteiger partial charge is 0.392 e. The van der Waals surface area contributed by atoms with E-state index < -0.39 is 16.3 Å². The number of rotatable bonds is 6. The first-order chi connectivity index (χ1) is 12.0. The zero-order valence-electron chi connectivity index (χ0n) is 14.4. The maximum atomic E-state index is 13.2. The highest BCUT2D eigenvalue weighted by molar-refractivity contribution is 7.95. The van der Waals surface area contributed by atoms with Gasteiger partial charge in [-0.15, -0.1) is 0 Å². The molecule has 0 saturated heterocycles. The van der Waals surface area contributed by atoms with Gasteiger partial charge in [-0.3, -0.25) is 4.31 Å². The molecule has 0 fully saturated rings. The van der Waals surface area contributed by atoms with Crippen molar-refractivity contribution in [2.45, 2.75) is 19.4 Å². The number of hydrogen-bond acceptors (Lipinski definition) is 4. The van der Waals surface area contributed by atoms with Crippen LogP contribution in [-0.2, 0) is 10.2 Å². The summed E-state index contributed by atoms with van der Waals surface area (Å²) in [6.07, 6.45) is -0.240. The van der Waals surface area contributed by atoms with Gasteiger partial charge in [-0.25, -0.2) is 4.31 Å². The topological polar surface area (TPSA) is 72.9 Å². The van der Waals surface area contributed by atoms with Gasteiger partial charge in [0.1, 0.15) is 0 Å². The van der Waals surface area contributed by atoms with E-state index in [0.29, 0.717) is 30.0 Å². The maximum Gasteiger partial charge on any atom is 0.330 e. The molecule has 2 aromatic rings. The van der Waals surface area contributed by atoms with E-state index in [2.05, 4.69) is 5.32 Å². The zero-order chi connectivity index (χ0) is 18.0. The second kappa shape index (κ2) is 7.03. The van der Waals surface area contributed by atoms with Crippen LogP contribution >= 0.6 is 0 Å². The summed E-state index contributed by atoms with van der Waals surface area (Å²) >= 11 is 0. The van der Waals surface area contributed by atoms with Crippen LogP contribution in [0.3, 0.4) is 0 Å². The summed E-state index contributed by atoms with van der Waals surface area (Å²) in [6, 6.07) is 14.7. The van der Waals surface area contributed by atoms with E-state index >= 15 is 0 Å². The molecule has 0 bridgehead atoms. The molecule has 0 amide bonds. The third-order valence-corrected chi connectivity index (χ3v) is 6.11. The average Bonchev–Trinajstić information content (AvgIpc) is 2.80. The fourth-order valence-electron chi connectivity index (χ4n) is 3.08. The Bertz CT molecular complexity index is 854. The van der Waals surface area contributed by atoms with Gasteiger partial charge in [0.05, 0.1) is 23.2 Å². The highest BCUT2D eigenvalue weighted by Gasteiger charge is 2.41. The number of benzene rings is 2. The van der Waals surface area contributed by atoms with E-state index in [9.17, 15) is 13.5 Å². The molecule has 134 valence electrons. The van der Waals surface area contributed by atoms with Crippen molar-refractivity contribution in [2.24, 2.45) is 0 Å². The Morgan fingerprint density at radius 1 is 1.04 bits per heavy atom. The number of fused-ring (bicyclic) bond motifs is 1. The number of likely N-dealkylation sites (N-methyl/N-ethyl adjacent to an activating group) is 1. The molecule has 7 heteroatoms. The van der Waals surface area contributed by atoms with Crippen LogP contribution in [0.15, 0.2) is 48.5 Å². The molecule has 0 spiro atoms. The Balaban J connectivity index is 2.01. The average molecular weight is 361 g/mol. The summed E-state index contributed by atoms with van der Waals surface area (Å²) < 4.78 is 29.2. The van der Waals surface area contributed by atoms with E-state index in [1.54, 1.807) is 13.1 Å². The third-order valence-electron chi connectivity index (χ3n) is 4.32. The first-order valence-electron chi connectivity index (χ1n) is 8.27. The van der Waals surface area contributed by atoms with Crippen LogP contribution in [0.4, 0.5) is 17.1 Å². The van der Waals surface area contributed by atoms with Gasteiger partial charge in [-0.05, 0) is 44.2 Å². The number of nitrogens with one attached hydrogen (secondary N) is 1. The lowest BCUT2D eigenvalue weighted by Gasteiger charge is -2.23. The van der Waals surface area contributed by atoms with Crippen molar-refractivity contribution >= 4 is 27.3 Å². The van der Waals surface area contributed by atoms with Crippen LogP contribution < -0.4 is 13.9 Å². The van der Waals surface area contributed by atoms with Crippen molar-refractivity contribution < 1.29 is 13.5 Å². The predicted molar refractivity (Wildman–Crippen MR) is 101 cm³/mol. The van der Waals surface area contributed by atoms with Crippen LogP contribution in [0.1, 0.15) is 12.0 Å². The lowest BCUT2D eigenvalue weighted by molar-refractivity contribution is 0.167. The number of para-hydroxylation sites is 3. The molecule has 1 aliphatic rings. The van der Waals surface area contributed by atoms with Gasteiger partial charge in [-0.1, -0.05) is 30.3 Å². The second-order valence-electron chi connectivity index (χ2n) is 6.12. The van der Waals surface area contributed by atoms with Crippen molar-refractivity contribution in [1.29, 1.82) is 0 Å². The number of aliphatic hydroxyl groups excluding tert-OH is 1. The number of aryl methyl sites for hydroxylation is 1. The fraction of sp³-hybridized carbons (Fsp3) is 0.333. The van der Waals surface area contributed by atoms with Crippen LogP contribution in [0.5, 0.6) is 0 Å². The Labute approximate surface area is 148 Å². The molecule has 2 aromatic carbocycles. The van der Waals surface area contributed by atoms with Crippen molar-refractivity contribution in [3.05, 3.63) is 54.1 Å². The molecule has 0 unspecified atom stereocenters. The fourth-order valence-corrected chi connectivity index (χ4v) is 4.87. The Kier molecular flexibility index (Phi) is 4.99. The third kappa shape index (κ3) is 3.22. The zero-order valence-corrected chi connectivity index (χ0v) is 15.2. The van der Waals surface area contributed by atoms with Crippen LogP contribution in [0.2, 0.25) is 0 Å². The van der Waals surface area contributed by atoms with Crippen molar-refractivity contribution in [2.75, 3.05) is 28.7 Å². The van der Waals surface area contributed by atoms with Gasteiger partial charge in [0.15, 0.2) is 0 Å². The maximum absolute atomic E-state index is 13.2. The molecule has 0 aliphatic carbocycles. The SMILES string of the molecule is CNC[C@H](O)CCN1c2ccccc2N(c2ccccc2C)S1(=O)=O. The Hall–Kier alpha value is -2.09. The van der Waals surface area contributed by atoms with Crippen LogP contribution in [0.25, 0.3) is 0 Å². The quantitative estimate of drug-likeness (QED) is 0.827. The van der Waals surface area contributed by atoms with Crippen molar-refractivity contribution in [3.8, 4) is 0 Å². The first-order valence-corrected chi connectivity index (χ1v) is 9.67. The normalized spacial score (nSPS) is 16.8. The Morgan fingerprint density at radius 2 is 1.64 bits per heavy atom. The summed E-state index contributed by atoms with van der Waals surface area (Å²) in [6.45, 7) is 2.55. The standard InChI is InChI=1S/C18H23N3O3S/c1-14-7-3-4-8-16(14)21-18-10-6-5-9-17(18)20(25(21,23)24)12-11-15(22)13-19-2/h3-10,15,19,22H,11-13H2,1-2H3/t15-/m1/s1. The lowest BCUT2D eigenvalue weighted by Crippen LogP contribution is -2.38. The highest BCUT2D eigenvalue weighted by Crippen LogP contribution is 2.45. The minimum absolute atomic E-state index is 0.227.